The molecule has 1 nitrogen and oxygen atoms in total. The van der Waals surface area contributed by atoms with Crippen molar-refractivity contribution in [2.45, 2.75) is 50.9 Å². The molecule has 0 bridgehead atoms. The highest BCUT2D eigenvalue weighted by atomic mass is 14.9. The number of fused-ring (bicyclic) bond motifs is 2. The molecule has 0 unspecified atom stereocenters. The molecule has 0 atom stereocenters. The van der Waals surface area contributed by atoms with Crippen LogP contribution in [0.4, 0.5) is 0 Å². The lowest BCUT2D eigenvalue weighted by atomic mass is 9.80. The first-order valence-corrected chi connectivity index (χ1v) is 8.29. The summed E-state index contributed by atoms with van der Waals surface area (Å²) in [6.07, 6.45) is 10.7. The van der Waals surface area contributed by atoms with E-state index in [1.807, 2.05) is 0 Å². The number of pyridine rings is 1. The number of hydrogen-bond donors (Lipinski definition) is 0. The Morgan fingerprint density at radius 1 is 1.05 bits per heavy atom. The molecule has 0 aliphatic heterocycles. The van der Waals surface area contributed by atoms with E-state index < -0.39 is 0 Å². The van der Waals surface area contributed by atoms with Crippen LogP contribution in [0.5, 0.6) is 0 Å². The minimum atomic E-state index is 0.515. The van der Waals surface area contributed by atoms with Crippen LogP contribution >= 0.6 is 0 Å². The Morgan fingerprint density at radius 2 is 1.81 bits per heavy atom. The maximum Gasteiger partial charge on any atom is 0.212 e. The van der Waals surface area contributed by atoms with Crippen LogP contribution in [0, 0.1) is 6.92 Å². The normalized spacial score (nSPS) is 19.1. The zero-order chi connectivity index (χ0) is 14.4. The van der Waals surface area contributed by atoms with Gasteiger partial charge in [-0.15, -0.1) is 0 Å². The lowest BCUT2D eigenvalue weighted by Crippen LogP contribution is -2.32. The van der Waals surface area contributed by atoms with Crippen LogP contribution in [0.3, 0.4) is 0 Å². The van der Waals surface area contributed by atoms with E-state index in [1.165, 1.54) is 55.3 Å². The van der Waals surface area contributed by atoms with Gasteiger partial charge in [-0.25, -0.2) is 4.57 Å². The van der Waals surface area contributed by atoms with E-state index in [9.17, 15) is 0 Å². The summed E-state index contributed by atoms with van der Waals surface area (Å²) in [6.45, 7) is 2.22. The first kappa shape index (κ1) is 13.1. The average Bonchev–Trinajstić information content (AvgIpc) is 3.08. The summed E-state index contributed by atoms with van der Waals surface area (Å²) in [5, 5.41) is 0. The van der Waals surface area contributed by atoms with Crippen LogP contribution in [0.1, 0.15) is 48.8 Å². The van der Waals surface area contributed by atoms with Gasteiger partial charge < -0.3 is 0 Å². The number of nitrogens with zero attached hydrogens (tertiary/aromatic N) is 1. The number of aryl methyl sites for hydroxylation is 3. The first-order chi connectivity index (χ1) is 10.2. The Kier molecular flexibility index (Phi) is 2.92. The number of hydrogen-bond acceptors (Lipinski definition) is 0. The average molecular weight is 278 g/mol. The Bertz CT molecular complexity index is 693. The largest absolute Gasteiger partial charge is 0.212 e. The van der Waals surface area contributed by atoms with Crippen molar-refractivity contribution in [3.63, 3.8) is 0 Å². The van der Waals surface area contributed by atoms with Crippen molar-refractivity contribution in [3.05, 3.63) is 53.2 Å². The summed E-state index contributed by atoms with van der Waals surface area (Å²) >= 11 is 0. The summed E-state index contributed by atoms with van der Waals surface area (Å²) in [6, 6.07) is 11.3. The third-order valence-electron chi connectivity index (χ3n) is 5.78. The molecule has 1 aromatic carbocycles. The maximum atomic E-state index is 2.51. The molecule has 4 rings (SSSR count). The van der Waals surface area contributed by atoms with Crippen LogP contribution in [0.2, 0.25) is 0 Å². The summed E-state index contributed by atoms with van der Waals surface area (Å²) in [4.78, 5) is 0. The highest BCUT2D eigenvalue weighted by Gasteiger charge is 2.42. The van der Waals surface area contributed by atoms with Crippen molar-refractivity contribution in [2.24, 2.45) is 7.05 Å². The fourth-order valence-electron chi connectivity index (χ4n) is 4.60. The van der Waals surface area contributed by atoms with Crippen LogP contribution in [-0.2, 0) is 18.9 Å². The molecule has 0 saturated heterocycles. The summed E-state index contributed by atoms with van der Waals surface area (Å²) in [5.74, 6) is 0. The molecule has 0 radical (unpaired) electrons. The number of aromatic nitrogens is 1. The number of rotatable bonds is 1. The van der Waals surface area contributed by atoms with Crippen LogP contribution in [-0.4, -0.2) is 0 Å². The van der Waals surface area contributed by atoms with Gasteiger partial charge in [-0.2, -0.15) is 0 Å². The molecule has 1 fully saturated rings. The van der Waals surface area contributed by atoms with Gasteiger partial charge in [0.05, 0.1) is 0 Å². The quantitative estimate of drug-likeness (QED) is 0.687. The second-order valence-corrected chi connectivity index (χ2v) is 7.01. The lowest BCUT2D eigenvalue weighted by Gasteiger charge is -2.24. The third kappa shape index (κ3) is 1.94. The molecule has 0 amide bonds. The topological polar surface area (TPSA) is 3.88 Å². The summed E-state index contributed by atoms with van der Waals surface area (Å²) < 4.78 is 2.33. The molecular formula is C20H24N+. The molecule has 0 N–H and O–H groups in total. The zero-order valence-electron chi connectivity index (χ0n) is 13.2. The van der Waals surface area contributed by atoms with Gasteiger partial charge in [-0.1, -0.05) is 31.0 Å². The van der Waals surface area contributed by atoms with Crippen molar-refractivity contribution in [1.82, 2.24) is 0 Å². The molecule has 2 aliphatic rings. The fraction of sp³-hybridized carbons (Fsp3) is 0.450. The van der Waals surface area contributed by atoms with E-state index in [0.717, 1.165) is 0 Å². The van der Waals surface area contributed by atoms with Gasteiger partial charge in [0, 0.05) is 17.2 Å². The molecule has 1 saturated carbocycles. The van der Waals surface area contributed by atoms with Crippen molar-refractivity contribution >= 4 is 0 Å². The van der Waals surface area contributed by atoms with Crippen LogP contribution in [0.15, 0.2) is 36.5 Å². The second-order valence-electron chi connectivity index (χ2n) is 7.01. The molecule has 108 valence electrons. The van der Waals surface area contributed by atoms with E-state index in [2.05, 4.69) is 55.1 Å². The van der Waals surface area contributed by atoms with Crippen LogP contribution < -0.4 is 4.57 Å². The molecule has 2 aliphatic carbocycles. The summed E-state index contributed by atoms with van der Waals surface area (Å²) in [5.41, 5.74) is 7.89. The predicted octanol–water partition coefficient (Wildman–Crippen LogP) is 4.24. The standard InChI is InChI=1S/C20H24N/c1-15-7-3-4-8-17(15)19-13-18-16(14-21(19)2)9-12-20(18)10-5-6-11-20/h3-4,7-8,13-14H,5-6,9-12H2,1-2H3/q+1. The van der Waals surface area contributed by atoms with Crippen molar-refractivity contribution in [1.29, 1.82) is 0 Å². The summed E-state index contributed by atoms with van der Waals surface area (Å²) in [7, 11) is 2.20. The lowest BCUT2D eigenvalue weighted by molar-refractivity contribution is -0.660. The Morgan fingerprint density at radius 3 is 2.57 bits per heavy atom. The van der Waals surface area contributed by atoms with E-state index >= 15 is 0 Å². The van der Waals surface area contributed by atoms with Gasteiger partial charge >= 0.3 is 0 Å². The van der Waals surface area contributed by atoms with Gasteiger partial charge in [-0.3, -0.25) is 0 Å². The van der Waals surface area contributed by atoms with E-state index in [4.69, 9.17) is 0 Å². The molecule has 2 aromatic rings. The van der Waals surface area contributed by atoms with Gasteiger partial charge in [0.15, 0.2) is 6.20 Å². The minimum Gasteiger partial charge on any atom is -0.201 e. The number of benzene rings is 1. The van der Waals surface area contributed by atoms with E-state index in [0.29, 0.717) is 5.41 Å². The van der Waals surface area contributed by atoms with Crippen molar-refractivity contribution in [2.75, 3.05) is 0 Å². The molecule has 1 aromatic heterocycles. The van der Waals surface area contributed by atoms with Gasteiger partial charge in [0.25, 0.3) is 0 Å². The SMILES string of the molecule is Cc1ccccc1-c1cc2c(c[n+]1C)CCC21CCCC1. The molecule has 1 heterocycles. The molecule has 1 spiro atoms. The molecular weight excluding hydrogens is 254 g/mol. The first-order valence-electron chi connectivity index (χ1n) is 8.29. The Balaban J connectivity index is 1.89. The molecule has 21 heavy (non-hydrogen) atoms. The van der Waals surface area contributed by atoms with Gasteiger partial charge in [0.1, 0.15) is 7.05 Å². The van der Waals surface area contributed by atoms with Gasteiger partial charge in [0.2, 0.25) is 5.69 Å². The fourth-order valence-corrected chi connectivity index (χ4v) is 4.60. The van der Waals surface area contributed by atoms with Gasteiger partial charge in [-0.05, 0) is 55.2 Å². The van der Waals surface area contributed by atoms with E-state index in [1.54, 1.807) is 11.1 Å². The third-order valence-corrected chi connectivity index (χ3v) is 5.78. The minimum absolute atomic E-state index is 0.515. The maximum absolute atomic E-state index is 2.51. The van der Waals surface area contributed by atoms with Crippen molar-refractivity contribution in [3.8, 4) is 11.3 Å². The Hall–Kier alpha value is -1.63. The zero-order valence-corrected chi connectivity index (χ0v) is 13.2. The molecule has 1 heteroatoms. The monoisotopic (exact) mass is 278 g/mol. The second kappa shape index (κ2) is 4.69. The smallest absolute Gasteiger partial charge is 0.201 e. The predicted molar refractivity (Wildman–Crippen MR) is 86.3 cm³/mol. The Labute approximate surface area is 127 Å². The van der Waals surface area contributed by atoms with Crippen molar-refractivity contribution < 1.29 is 4.57 Å². The highest BCUT2D eigenvalue weighted by Crippen LogP contribution is 2.50. The van der Waals surface area contributed by atoms with E-state index in [-0.39, 0.29) is 0 Å². The highest BCUT2D eigenvalue weighted by molar-refractivity contribution is 5.62. The van der Waals surface area contributed by atoms with Crippen LogP contribution in [0.25, 0.3) is 11.3 Å².